The topological polar surface area (TPSA) is 99.1 Å². The quantitative estimate of drug-likeness (QED) is 0.560. The molecular weight excluding hydrogens is 493 g/mol. The zero-order valence-electron chi connectivity index (χ0n) is 21.2. The summed E-state index contributed by atoms with van der Waals surface area (Å²) >= 11 is 0. The Kier molecular flexibility index (Phi) is 6.18. The van der Waals surface area contributed by atoms with E-state index >= 15 is 8.78 Å². The van der Waals surface area contributed by atoms with Crippen LogP contribution in [0, 0.1) is 28.6 Å². The first-order valence-corrected chi connectivity index (χ1v) is 12.9. The van der Waals surface area contributed by atoms with Gasteiger partial charge in [-0.2, -0.15) is 0 Å². The zero-order valence-corrected chi connectivity index (χ0v) is 21.2. The average Bonchev–Trinajstić information content (AvgIpc) is 3.45. The van der Waals surface area contributed by atoms with E-state index in [1.54, 1.807) is 13.8 Å². The van der Waals surface area contributed by atoms with Crippen molar-refractivity contribution in [2.75, 3.05) is 13.5 Å². The first kappa shape index (κ1) is 26.4. The number of ketones is 1. The van der Waals surface area contributed by atoms with Crippen LogP contribution in [-0.2, 0) is 28.6 Å². The molecule has 37 heavy (non-hydrogen) atoms. The van der Waals surface area contributed by atoms with Gasteiger partial charge in [-0.25, -0.2) is 22.8 Å². The summed E-state index contributed by atoms with van der Waals surface area (Å²) in [6, 6.07) is 0. The molecule has 0 aromatic rings. The van der Waals surface area contributed by atoms with E-state index in [1.165, 1.54) is 19.1 Å². The van der Waals surface area contributed by atoms with Crippen molar-refractivity contribution in [1.82, 2.24) is 0 Å². The molecule has 0 spiro atoms. The zero-order chi connectivity index (χ0) is 27.0. The molecule has 4 aliphatic carbocycles. The maximum atomic E-state index is 17.4. The number of hydrogen-bond donors (Lipinski definition) is 1. The molecule has 7 nitrogen and oxygen atoms in total. The van der Waals surface area contributed by atoms with Gasteiger partial charge in [0.1, 0.15) is 6.17 Å². The van der Waals surface area contributed by atoms with Crippen LogP contribution in [0.15, 0.2) is 23.8 Å². The molecule has 0 radical (unpaired) electrons. The Morgan fingerprint density at radius 3 is 2.62 bits per heavy atom. The second kappa shape index (κ2) is 8.66. The summed E-state index contributed by atoms with van der Waals surface area (Å²) in [5.74, 6) is -4.90. The van der Waals surface area contributed by atoms with E-state index in [0.29, 0.717) is 19.4 Å². The van der Waals surface area contributed by atoms with E-state index in [9.17, 15) is 23.9 Å². The summed E-state index contributed by atoms with van der Waals surface area (Å²) in [7, 11) is 0. The lowest BCUT2D eigenvalue weighted by molar-refractivity contribution is -0.242. The van der Waals surface area contributed by atoms with Gasteiger partial charge >= 0.3 is 11.9 Å². The van der Waals surface area contributed by atoms with Crippen molar-refractivity contribution in [3.05, 3.63) is 23.8 Å². The van der Waals surface area contributed by atoms with Gasteiger partial charge in [-0.1, -0.05) is 19.9 Å². The molecule has 0 bridgehead atoms. The van der Waals surface area contributed by atoms with E-state index in [4.69, 9.17) is 14.2 Å². The smallest absolute Gasteiger partial charge is 0.353 e. The fourth-order valence-corrected chi connectivity index (χ4v) is 8.36. The van der Waals surface area contributed by atoms with Crippen LogP contribution in [0.4, 0.5) is 13.2 Å². The maximum Gasteiger partial charge on any atom is 0.353 e. The van der Waals surface area contributed by atoms with Crippen molar-refractivity contribution >= 4 is 17.7 Å². The van der Waals surface area contributed by atoms with Gasteiger partial charge in [-0.3, -0.25) is 4.79 Å². The summed E-state index contributed by atoms with van der Waals surface area (Å²) in [4.78, 5) is 38.6. The molecule has 1 heterocycles. The van der Waals surface area contributed by atoms with Gasteiger partial charge in [0.25, 0.3) is 0 Å². The van der Waals surface area contributed by atoms with Gasteiger partial charge in [0, 0.05) is 29.3 Å². The van der Waals surface area contributed by atoms with Crippen LogP contribution in [0.25, 0.3) is 0 Å². The van der Waals surface area contributed by atoms with Gasteiger partial charge in [0.2, 0.25) is 12.5 Å². The lowest BCUT2D eigenvalue weighted by Gasteiger charge is -2.63. The molecule has 1 aliphatic heterocycles. The first-order chi connectivity index (χ1) is 17.4. The Bertz CT molecular complexity index is 1070. The molecule has 4 fully saturated rings. The Balaban J connectivity index is 1.61. The van der Waals surface area contributed by atoms with E-state index < -0.39 is 82.8 Å². The molecular formula is C27H33F3O7. The summed E-state index contributed by atoms with van der Waals surface area (Å²) in [5.41, 5.74) is -7.39. The van der Waals surface area contributed by atoms with Crippen LogP contribution in [0.1, 0.15) is 52.9 Å². The number of fused-ring (bicyclic) bond motifs is 5. The molecule has 204 valence electrons. The second-order valence-corrected chi connectivity index (χ2v) is 11.7. The minimum absolute atomic E-state index is 0.0136. The lowest BCUT2D eigenvalue weighted by atomic mass is 9.44. The number of aliphatic hydroxyl groups is 1. The second-order valence-electron chi connectivity index (χ2n) is 11.7. The molecule has 1 N–H and O–H groups in total. The SMILES string of the molecule is C[C@@H]1C[C@H]2[C@@H]3C[C@H](F)C4=CC(=O)C=C[C@]4(C)[C@@]3(F)[C@@H](O)C[C@]2(C)[C@@]1(OC(=O)[C@H]1CCCO1)C(=O)OCF. The normalized spacial score (nSPS) is 48.5. The van der Waals surface area contributed by atoms with Crippen molar-refractivity contribution in [3.63, 3.8) is 0 Å². The Morgan fingerprint density at radius 1 is 1.24 bits per heavy atom. The van der Waals surface area contributed by atoms with Gasteiger partial charge in [0.15, 0.2) is 17.6 Å². The van der Waals surface area contributed by atoms with Crippen molar-refractivity contribution in [1.29, 1.82) is 0 Å². The van der Waals surface area contributed by atoms with E-state index in [2.05, 4.69) is 0 Å². The number of rotatable bonds is 4. The van der Waals surface area contributed by atoms with Gasteiger partial charge in [-0.05, 0) is 62.7 Å². The Hall–Kier alpha value is -2.20. The standard InChI is InChI=1S/C27H33F3O7/c1-14-9-16-17-11-19(29)18-10-15(31)6-7-24(18,2)26(17,30)21(32)12-25(16,3)27(14,23(34)36-13-28)37-22(33)20-5-4-8-35-20/h6-7,10,14,16-17,19-21,32H,4-5,8-9,11-13H2,1-3H3/t14-,16+,17+,19+,20-,21+,24+,25+,26+,27+/m1/s1. The van der Waals surface area contributed by atoms with Crippen LogP contribution >= 0.6 is 0 Å². The van der Waals surface area contributed by atoms with Crippen LogP contribution in [-0.4, -0.2) is 65.9 Å². The highest BCUT2D eigenvalue weighted by molar-refractivity contribution is 6.01. The number of carbonyl (C=O) groups excluding carboxylic acids is 3. The molecule has 0 amide bonds. The molecule has 5 rings (SSSR count). The molecule has 0 aromatic carbocycles. The van der Waals surface area contributed by atoms with Gasteiger partial charge < -0.3 is 19.3 Å². The van der Waals surface area contributed by atoms with Crippen molar-refractivity contribution < 1.29 is 46.9 Å². The number of esters is 2. The van der Waals surface area contributed by atoms with Crippen LogP contribution in [0.5, 0.6) is 0 Å². The number of ether oxygens (including phenoxy) is 3. The fraction of sp³-hybridized carbons (Fsp3) is 0.741. The Labute approximate surface area is 213 Å². The fourth-order valence-electron chi connectivity index (χ4n) is 8.36. The minimum Gasteiger partial charge on any atom is -0.444 e. The number of halogens is 3. The van der Waals surface area contributed by atoms with Crippen molar-refractivity contribution in [2.24, 2.45) is 28.6 Å². The van der Waals surface area contributed by atoms with E-state index in [0.717, 1.165) is 6.08 Å². The van der Waals surface area contributed by atoms with E-state index in [1.807, 2.05) is 0 Å². The minimum atomic E-state index is -2.36. The number of aliphatic hydroxyl groups excluding tert-OH is 1. The number of alkyl halides is 3. The highest BCUT2D eigenvalue weighted by Crippen LogP contribution is 2.71. The average molecular weight is 527 g/mol. The third kappa shape index (κ3) is 3.30. The predicted molar refractivity (Wildman–Crippen MR) is 123 cm³/mol. The Morgan fingerprint density at radius 2 is 1.97 bits per heavy atom. The molecule has 0 unspecified atom stereocenters. The molecule has 3 saturated carbocycles. The van der Waals surface area contributed by atoms with Crippen molar-refractivity contribution in [3.8, 4) is 0 Å². The third-order valence-corrected chi connectivity index (χ3v) is 10.1. The summed E-state index contributed by atoms with van der Waals surface area (Å²) in [5, 5.41) is 11.5. The first-order valence-electron chi connectivity index (χ1n) is 12.9. The van der Waals surface area contributed by atoms with Crippen LogP contribution < -0.4 is 0 Å². The largest absolute Gasteiger partial charge is 0.444 e. The molecule has 10 heteroatoms. The van der Waals surface area contributed by atoms with Gasteiger partial charge in [-0.15, -0.1) is 0 Å². The molecule has 1 saturated heterocycles. The highest BCUT2D eigenvalue weighted by Gasteiger charge is 2.79. The summed E-state index contributed by atoms with van der Waals surface area (Å²) in [6.07, 6.45) is -0.112. The summed E-state index contributed by atoms with van der Waals surface area (Å²) in [6.45, 7) is 3.62. The number of carbonyl (C=O) groups is 3. The van der Waals surface area contributed by atoms with Crippen LogP contribution in [0.3, 0.4) is 0 Å². The molecule has 5 aliphatic rings. The molecule has 0 aromatic heterocycles. The summed E-state index contributed by atoms with van der Waals surface area (Å²) < 4.78 is 62.4. The predicted octanol–water partition coefficient (Wildman–Crippen LogP) is 3.48. The number of hydrogen-bond acceptors (Lipinski definition) is 7. The van der Waals surface area contributed by atoms with Crippen LogP contribution in [0.2, 0.25) is 0 Å². The van der Waals surface area contributed by atoms with E-state index in [-0.39, 0.29) is 24.8 Å². The lowest BCUT2D eigenvalue weighted by Crippen LogP contribution is -2.71. The van der Waals surface area contributed by atoms with Gasteiger partial charge in [0.05, 0.1) is 6.10 Å². The van der Waals surface area contributed by atoms with Crippen molar-refractivity contribution in [2.45, 2.75) is 82.5 Å². The monoisotopic (exact) mass is 526 g/mol. The highest BCUT2D eigenvalue weighted by atomic mass is 19.1. The molecule has 10 atom stereocenters. The third-order valence-electron chi connectivity index (χ3n) is 10.1. The maximum absolute atomic E-state index is 17.4. The number of allylic oxidation sites excluding steroid dienone is 4.